The maximum absolute atomic E-state index is 11.8. The van der Waals surface area contributed by atoms with Crippen LogP contribution in [0, 0.1) is 0 Å². The number of hydrogen-bond acceptors (Lipinski definition) is 8. The van der Waals surface area contributed by atoms with E-state index in [0.717, 1.165) is 66.6 Å². The number of benzene rings is 1. The summed E-state index contributed by atoms with van der Waals surface area (Å²) in [7, 11) is 1.52. The van der Waals surface area contributed by atoms with Gasteiger partial charge in [0.25, 0.3) is 0 Å². The van der Waals surface area contributed by atoms with E-state index < -0.39 is 0 Å². The van der Waals surface area contributed by atoms with E-state index in [4.69, 9.17) is 16.3 Å². The molecule has 3 aromatic rings. The molecule has 32 heavy (non-hydrogen) atoms. The lowest BCUT2D eigenvalue weighted by molar-refractivity contribution is 0.0336. The predicted molar refractivity (Wildman–Crippen MR) is 124 cm³/mol. The second-order valence-electron chi connectivity index (χ2n) is 7.62. The van der Waals surface area contributed by atoms with Gasteiger partial charge in [-0.05, 0) is 24.3 Å². The van der Waals surface area contributed by atoms with Crippen LogP contribution in [0.25, 0.3) is 22.9 Å². The first-order valence-electron chi connectivity index (χ1n) is 10.1. The van der Waals surface area contributed by atoms with Crippen LogP contribution in [-0.4, -0.2) is 45.9 Å². The van der Waals surface area contributed by atoms with Crippen molar-refractivity contribution in [3.8, 4) is 17.0 Å². The molecule has 1 N–H and O–H groups in total. The van der Waals surface area contributed by atoms with Gasteiger partial charge in [-0.3, -0.25) is 19.2 Å². The highest BCUT2D eigenvalue weighted by molar-refractivity contribution is 7.10. The Balaban J connectivity index is 1.44. The van der Waals surface area contributed by atoms with Gasteiger partial charge in [0, 0.05) is 49.6 Å². The smallest absolute Gasteiger partial charge is 0.310 e. The number of aromatic nitrogens is 2. The van der Waals surface area contributed by atoms with Crippen LogP contribution < -0.4 is 4.87 Å². The van der Waals surface area contributed by atoms with Crippen LogP contribution in [0.15, 0.2) is 45.5 Å². The quantitative estimate of drug-likeness (QED) is 0.615. The fraction of sp³-hybridized carbons (Fsp3) is 0.273. The van der Waals surface area contributed by atoms with E-state index in [0.29, 0.717) is 21.3 Å². The van der Waals surface area contributed by atoms with E-state index in [9.17, 15) is 9.90 Å². The lowest BCUT2D eigenvalue weighted by Crippen LogP contribution is -2.35. The summed E-state index contributed by atoms with van der Waals surface area (Å²) in [6, 6.07) is 7.72. The van der Waals surface area contributed by atoms with Gasteiger partial charge >= 0.3 is 4.87 Å². The van der Waals surface area contributed by atoms with E-state index in [1.807, 2.05) is 24.4 Å². The van der Waals surface area contributed by atoms with E-state index in [2.05, 4.69) is 20.1 Å². The van der Waals surface area contributed by atoms with Crippen LogP contribution >= 0.6 is 22.9 Å². The van der Waals surface area contributed by atoms with Gasteiger partial charge in [-0.2, -0.15) is 0 Å². The van der Waals surface area contributed by atoms with Crippen LogP contribution in [0.2, 0.25) is 5.02 Å². The summed E-state index contributed by atoms with van der Waals surface area (Å²) in [6.07, 6.45) is 3.49. The summed E-state index contributed by atoms with van der Waals surface area (Å²) >= 11 is 7.49. The molecular weight excluding hydrogens is 450 g/mol. The molecule has 5 rings (SSSR count). The average molecular weight is 470 g/mol. The number of aromatic hydroxyl groups is 1. The van der Waals surface area contributed by atoms with Crippen LogP contribution in [0.4, 0.5) is 5.69 Å². The van der Waals surface area contributed by atoms with Gasteiger partial charge in [-0.25, -0.2) is 0 Å². The minimum absolute atomic E-state index is 0.0922. The molecule has 0 unspecified atom stereocenters. The molecule has 1 saturated heterocycles. The fourth-order valence-corrected chi connectivity index (χ4v) is 4.76. The normalized spacial score (nSPS) is 17.2. The number of pyridine rings is 1. The zero-order valence-corrected chi connectivity index (χ0v) is 18.9. The number of azo groups is 1. The zero-order chi connectivity index (χ0) is 22.2. The van der Waals surface area contributed by atoms with Gasteiger partial charge in [-0.1, -0.05) is 29.0 Å². The SMILES string of the molecule is Cn1c(O)c(/C=C2\N=Nc3cc(Cl)c(-c4ccc(CN5CCOCC5)nc4)cc32)sc1=O. The minimum Gasteiger partial charge on any atom is -0.493 e. The number of morpholine rings is 1. The molecule has 10 heteroatoms. The summed E-state index contributed by atoms with van der Waals surface area (Å²) in [5, 5.41) is 19.1. The molecule has 1 fully saturated rings. The first-order chi connectivity index (χ1) is 15.5. The van der Waals surface area contributed by atoms with E-state index >= 15 is 0 Å². The first kappa shape index (κ1) is 21.0. The Kier molecular flexibility index (Phi) is 5.64. The van der Waals surface area contributed by atoms with Crippen molar-refractivity contribution in [2.24, 2.45) is 17.3 Å². The molecule has 0 radical (unpaired) electrons. The summed E-state index contributed by atoms with van der Waals surface area (Å²) in [5.41, 5.74) is 4.69. The Bertz CT molecular complexity index is 1290. The van der Waals surface area contributed by atoms with Crippen molar-refractivity contribution in [3.63, 3.8) is 0 Å². The van der Waals surface area contributed by atoms with Gasteiger partial charge in [0.2, 0.25) is 5.88 Å². The number of rotatable bonds is 4. The Morgan fingerprint density at radius 1 is 1.22 bits per heavy atom. The second-order valence-corrected chi connectivity index (χ2v) is 9.02. The topological polar surface area (TPSA) is 92.3 Å². The number of nitrogens with zero attached hydrogens (tertiary/aromatic N) is 5. The Morgan fingerprint density at radius 2 is 2.03 bits per heavy atom. The summed E-state index contributed by atoms with van der Waals surface area (Å²) in [4.78, 5) is 19.0. The van der Waals surface area contributed by atoms with E-state index in [1.165, 1.54) is 11.6 Å². The van der Waals surface area contributed by atoms with Gasteiger partial charge < -0.3 is 9.84 Å². The third-order valence-corrected chi connectivity index (χ3v) is 6.81. The third kappa shape index (κ3) is 4.00. The van der Waals surface area contributed by atoms with Gasteiger partial charge in [0.15, 0.2) is 0 Å². The molecule has 0 saturated carbocycles. The number of hydrogen-bond donors (Lipinski definition) is 1. The average Bonchev–Trinajstić information content (AvgIpc) is 3.30. The molecule has 164 valence electrons. The highest BCUT2D eigenvalue weighted by Crippen LogP contribution is 2.42. The monoisotopic (exact) mass is 469 g/mol. The molecule has 2 aliphatic heterocycles. The Labute approximate surface area is 193 Å². The number of thiazole rings is 1. The van der Waals surface area contributed by atoms with Crippen molar-refractivity contribution in [2.45, 2.75) is 6.54 Å². The van der Waals surface area contributed by atoms with Gasteiger partial charge in [-0.15, -0.1) is 10.2 Å². The molecule has 0 atom stereocenters. The maximum Gasteiger partial charge on any atom is 0.310 e. The van der Waals surface area contributed by atoms with Crippen LogP contribution in [0.5, 0.6) is 5.88 Å². The van der Waals surface area contributed by atoms with Crippen LogP contribution in [-0.2, 0) is 18.3 Å². The predicted octanol–water partition coefficient (Wildman–Crippen LogP) is 4.30. The van der Waals surface area contributed by atoms with Crippen LogP contribution in [0.1, 0.15) is 16.1 Å². The van der Waals surface area contributed by atoms with Crippen molar-refractivity contribution >= 4 is 40.4 Å². The summed E-state index contributed by atoms with van der Waals surface area (Å²) < 4.78 is 6.59. The Morgan fingerprint density at radius 3 is 2.72 bits per heavy atom. The lowest BCUT2D eigenvalue weighted by Gasteiger charge is -2.26. The highest BCUT2D eigenvalue weighted by Gasteiger charge is 2.20. The van der Waals surface area contributed by atoms with E-state index in [1.54, 1.807) is 12.1 Å². The summed E-state index contributed by atoms with van der Waals surface area (Å²) in [6.45, 7) is 4.12. The van der Waals surface area contributed by atoms with Crippen molar-refractivity contribution < 1.29 is 9.84 Å². The molecule has 2 aliphatic rings. The largest absolute Gasteiger partial charge is 0.493 e. The summed E-state index contributed by atoms with van der Waals surface area (Å²) in [5.74, 6) is -0.0922. The number of fused-ring (bicyclic) bond motifs is 1. The Hall–Kier alpha value is -2.85. The number of ether oxygens (including phenoxy) is 1. The standard InChI is InChI=1S/C22H20ClN5O3S/c1-27-21(29)20(32-22(27)30)10-19-16-8-15(17(23)9-18(16)25-26-19)13-2-3-14(24-11-13)12-28-4-6-31-7-5-28/h2-3,8-11,29H,4-7,12H2,1H3/b19-10-. The van der Waals surface area contributed by atoms with Crippen molar-refractivity contribution in [1.82, 2.24) is 14.5 Å². The molecule has 4 heterocycles. The van der Waals surface area contributed by atoms with Gasteiger partial charge in [0.05, 0.1) is 40.2 Å². The molecule has 0 spiro atoms. The molecular formula is C22H20ClN5O3S. The molecule has 0 amide bonds. The molecule has 1 aromatic carbocycles. The maximum atomic E-state index is 11.8. The highest BCUT2D eigenvalue weighted by atomic mass is 35.5. The van der Waals surface area contributed by atoms with Crippen LogP contribution in [0.3, 0.4) is 0 Å². The van der Waals surface area contributed by atoms with Crippen molar-refractivity contribution in [2.75, 3.05) is 26.3 Å². The molecule has 0 aliphatic carbocycles. The number of halogens is 1. The second kappa shape index (κ2) is 8.59. The molecule has 2 aromatic heterocycles. The minimum atomic E-state index is -0.246. The fourth-order valence-electron chi connectivity index (χ4n) is 3.68. The molecule has 8 nitrogen and oxygen atoms in total. The first-order valence-corrected chi connectivity index (χ1v) is 11.3. The van der Waals surface area contributed by atoms with Crippen molar-refractivity contribution in [1.29, 1.82) is 0 Å². The van der Waals surface area contributed by atoms with Gasteiger partial charge in [0.1, 0.15) is 0 Å². The zero-order valence-electron chi connectivity index (χ0n) is 17.3. The van der Waals surface area contributed by atoms with Crippen molar-refractivity contribution in [3.05, 3.63) is 61.3 Å². The third-order valence-electron chi connectivity index (χ3n) is 5.53. The van der Waals surface area contributed by atoms with E-state index in [-0.39, 0.29) is 10.8 Å². The lowest BCUT2D eigenvalue weighted by atomic mass is 10.0. The molecule has 0 bridgehead atoms.